The van der Waals surface area contributed by atoms with Gasteiger partial charge < -0.3 is 14.7 Å². The summed E-state index contributed by atoms with van der Waals surface area (Å²) >= 11 is 0. The number of phenols is 1. The van der Waals surface area contributed by atoms with Gasteiger partial charge in [-0.2, -0.15) is 5.10 Å². The van der Waals surface area contributed by atoms with Gasteiger partial charge in [-0.1, -0.05) is 0 Å². The standard InChI is InChI=1S/C14H14F3N3O3/c1-19(2)13(22)8-20-7-9(6-18-20)11-4-3-10(21)5-12(11)23-14(15,16)17/h3-7,21H,8H2,1-2H3. The Kier molecular flexibility index (Phi) is 4.48. The molecule has 0 saturated carbocycles. The van der Waals surface area contributed by atoms with Gasteiger partial charge in [0.25, 0.3) is 0 Å². The van der Waals surface area contributed by atoms with E-state index in [4.69, 9.17) is 0 Å². The van der Waals surface area contributed by atoms with Gasteiger partial charge >= 0.3 is 6.36 Å². The van der Waals surface area contributed by atoms with Crippen LogP contribution in [0.2, 0.25) is 0 Å². The fraction of sp³-hybridized carbons (Fsp3) is 0.286. The van der Waals surface area contributed by atoms with Crippen LogP contribution in [0.5, 0.6) is 11.5 Å². The molecule has 1 heterocycles. The molecule has 1 aromatic carbocycles. The van der Waals surface area contributed by atoms with Crippen molar-refractivity contribution in [1.82, 2.24) is 14.7 Å². The van der Waals surface area contributed by atoms with Crippen LogP contribution in [0.1, 0.15) is 0 Å². The smallest absolute Gasteiger partial charge is 0.508 e. The minimum atomic E-state index is -4.89. The van der Waals surface area contributed by atoms with E-state index in [9.17, 15) is 23.1 Å². The van der Waals surface area contributed by atoms with Crippen molar-refractivity contribution in [2.75, 3.05) is 14.1 Å². The van der Waals surface area contributed by atoms with Crippen molar-refractivity contribution in [3.05, 3.63) is 30.6 Å². The molecular weight excluding hydrogens is 315 g/mol. The first kappa shape index (κ1) is 16.7. The van der Waals surface area contributed by atoms with Gasteiger partial charge in [0.05, 0.1) is 6.20 Å². The maximum atomic E-state index is 12.5. The van der Waals surface area contributed by atoms with Crippen molar-refractivity contribution in [3.63, 3.8) is 0 Å². The zero-order valence-electron chi connectivity index (χ0n) is 12.3. The summed E-state index contributed by atoms with van der Waals surface area (Å²) in [6.07, 6.45) is -2.14. The molecule has 0 bridgehead atoms. The van der Waals surface area contributed by atoms with Crippen molar-refractivity contribution < 1.29 is 27.8 Å². The van der Waals surface area contributed by atoms with Gasteiger partial charge in [-0.05, 0) is 12.1 Å². The number of aromatic nitrogens is 2. The molecule has 23 heavy (non-hydrogen) atoms. The zero-order valence-corrected chi connectivity index (χ0v) is 12.3. The van der Waals surface area contributed by atoms with Crippen LogP contribution in [-0.2, 0) is 11.3 Å². The molecule has 2 aromatic rings. The number of alkyl halides is 3. The zero-order chi connectivity index (χ0) is 17.2. The van der Waals surface area contributed by atoms with Crippen LogP contribution in [0, 0.1) is 0 Å². The molecule has 0 aliphatic carbocycles. The topological polar surface area (TPSA) is 67.6 Å². The summed E-state index contributed by atoms with van der Waals surface area (Å²) in [5.41, 5.74) is 0.430. The number of nitrogens with zero attached hydrogens (tertiary/aromatic N) is 3. The highest BCUT2D eigenvalue weighted by atomic mass is 19.4. The molecule has 0 atom stereocenters. The molecule has 124 valence electrons. The molecule has 6 nitrogen and oxygen atoms in total. The molecule has 1 aromatic heterocycles. The Morgan fingerprint density at radius 3 is 2.70 bits per heavy atom. The quantitative estimate of drug-likeness (QED) is 0.934. The second-order valence-electron chi connectivity index (χ2n) is 4.94. The first-order valence-electron chi connectivity index (χ1n) is 6.47. The summed E-state index contributed by atoms with van der Waals surface area (Å²) in [6, 6.07) is 3.39. The predicted molar refractivity (Wildman–Crippen MR) is 74.7 cm³/mol. The minimum absolute atomic E-state index is 0.0411. The van der Waals surface area contributed by atoms with E-state index in [2.05, 4.69) is 9.84 Å². The van der Waals surface area contributed by atoms with E-state index in [0.717, 1.165) is 6.07 Å². The maximum absolute atomic E-state index is 12.5. The van der Waals surface area contributed by atoms with E-state index in [1.165, 1.54) is 34.1 Å². The third kappa shape index (κ3) is 4.38. The summed E-state index contributed by atoms with van der Waals surface area (Å²) in [4.78, 5) is 13.0. The number of halogens is 3. The monoisotopic (exact) mass is 329 g/mol. The molecular formula is C14H14F3N3O3. The lowest BCUT2D eigenvalue weighted by molar-refractivity contribution is -0.274. The van der Waals surface area contributed by atoms with Crippen molar-refractivity contribution in [1.29, 1.82) is 0 Å². The van der Waals surface area contributed by atoms with Gasteiger partial charge in [-0.25, -0.2) is 0 Å². The molecule has 0 fully saturated rings. The molecule has 9 heteroatoms. The van der Waals surface area contributed by atoms with Crippen LogP contribution in [0.25, 0.3) is 11.1 Å². The molecule has 0 unspecified atom stereocenters. The molecule has 0 spiro atoms. The second kappa shape index (κ2) is 6.19. The fourth-order valence-corrected chi connectivity index (χ4v) is 1.83. The highest BCUT2D eigenvalue weighted by Crippen LogP contribution is 2.36. The van der Waals surface area contributed by atoms with E-state index in [1.54, 1.807) is 14.1 Å². The van der Waals surface area contributed by atoms with Crippen LogP contribution in [0.3, 0.4) is 0 Å². The Bertz CT molecular complexity index is 711. The maximum Gasteiger partial charge on any atom is 0.573 e. The largest absolute Gasteiger partial charge is 0.573 e. The molecule has 0 aliphatic heterocycles. The average molecular weight is 329 g/mol. The van der Waals surface area contributed by atoms with Crippen LogP contribution in [-0.4, -0.2) is 46.2 Å². The number of hydrogen-bond acceptors (Lipinski definition) is 4. The first-order valence-corrected chi connectivity index (χ1v) is 6.47. The molecule has 2 rings (SSSR count). The van der Waals surface area contributed by atoms with Crippen LogP contribution >= 0.6 is 0 Å². The van der Waals surface area contributed by atoms with Gasteiger partial charge in [0.15, 0.2) is 0 Å². The third-order valence-corrected chi connectivity index (χ3v) is 2.93. The highest BCUT2D eigenvalue weighted by molar-refractivity contribution is 5.76. The number of amides is 1. The van der Waals surface area contributed by atoms with E-state index in [0.29, 0.717) is 5.56 Å². The summed E-state index contributed by atoms with van der Waals surface area (Å²) in [5.74, 6) is -1.11. The number of rotatable bonds is 4. The number of benzene rings is 1. The normalized spacial score (nSPS) is 11.3. The highest BCUT2D eigenvalue weighted by Gasteiger charge is 2.32. The average Bonchev–Trinajstić information content (AvgIpc) is 2.85. The lowest BCUT2D eigenvalue weighted by Crippen LogP contribution is -2.26. The minimum Gasteiger partial charge on any atom is -0.508 e. The van der Waals surface area contributed by atoms with Crippen molar-refractivity contribution in [3.8, 4) is 22.6 Å². The number of carbonyl (C=O) groups excluding carboxylic acids is 1. The second-order valence-corrected chi connectivity index (χ2v) is 4.94. The van der Waals surface area contributed by atoms with Crippen LogP contribution < -0.4 is 4.74 Å². The number of ether oxygens (including phenoxy) is 1. The van der Waals surface area contributed by atoms with Crippen LogP contribution in [0.15, 0.2) is 30.6 Å². The number of carbonyl (C=O) groups is 1. The molecule has 1 amide bonds. The van der Waals surface area contributed by atoms with Crippen LogP contribution in [0.4, 0.5) is 13.2 Å². The summed E-state index contributed by atoms with van der Waals surface area (Å²) < 4.78 is 42.6. The Labute approximate surface area is 129 Å². The summed E-state index contributed by atoms with van der Waals surface area (Å²) in [5, 5.41) is 13.3. The molecule has 0 aliphatic rings. The van der Waals surface area contributed by atoms with E-state index in [-0.39, 0.29) is 23.8 Å². The van der Waals surface area contributed by atoms with E-state index < -0.39 is 12.1 Å². The Hall–Kier alpha value is -2.71. The third-order valence-electron chi connectivity index (χ3n) is 2.93. The van der Waals surface area contributed by atoms with Gasteiger partial charge in [-0.3, -0.25) is 9.48 Å². The Morgan fingerprint density at radius 2 is 2.09 bits per heavy atom. The lowest BCUT2D eigenvalue weighted by atomic mass is 10.1. The summed E-state index contributed by atoms with van der Waals surface area (Å²) in [7, 11) is 3.17. The summed E-state index contributed by atoms with van der Waals surface area (Å²) in [6.45, 7) is -0.0411. The molecule has 0 radical (unpaired) electrons. The van der Waals surface area contributed by atoms with Gasteiger partial charge in [0.2, 0.25) is 5.91 Å². The van der Waals surface area contributed by atoms with Gasteiger partial charge in [0, 0.05) is 37.5 Å². The predicted octanol–water partition coefficient (Wildman–Crippen LogP) is 2.24. The van der Waals surface area contributed by atoms with Crippen molar-refractivity contribution in [2.24, 2.45) is 0 Å². The molecule has 0 saturated heterocycles. The van der Waals surface area contributed by atoms with Gasteiger partial charge in [-0.15, -0.1) is 13.2 Å². The first-order chi connectivity index (χ1) is 10.7. The SMILES string of the molecule is CN(C)C(=O)Cn1cc(-c2ccc(O)cc2OC(F)(F)F)cn1. The Balaban J connectivity index is 2.32. The van der Waals surface area contributed by atoms with E-state index in [1.807, 2.05) is 0 Å². The fourth-order valence-electron chi connectivity index (χ4n) is 1.83. The number of phenolic OH excluding ortho intramolecular Hbond substituents is 1. The lowest BCUT2D eigenvalue weighted by Gasteiger charge is -2.12. The van der Waals surface area contributed by atoms with Crippen molar-refractivity contribution in [2.45, 2.75) is 12.9 Å². The Morgan fingerprint density at radius 1 is 1.39 bits per heavy atom. The van der Waals surface area contributed by atoms with Gasteiger partial charge in [0.1, 0.15) is 18.0 Å². The molecule has 1 N–H and O–H groups in total. The number of hydrogen-bond donors (Lipinski definition) is 1. The number of aromatic hydroxyl groups is 1. The van der Waals surface area contributed by atoms with Crippen molar-refractivity contribution >= 4 is 5.91 Å². The number of likely N-dealkylation sites (N-methyl/N-ethyl adjacent to an activating group) is 1. The van der Waals surface area contributed by atoms with E-state index >= 15 is 0 Å².